The van der Waals surface area contributed by atoms with Crippen molar-refractivity contribution in [3.63, 3.8) is 0 Å². The van der Waals surface area contributed by atoms with Crippen LogP contribution in [0.2, 0.25) is 0 Å². The van der Waals surface area contributed by atoms with E-state index >= 15 is 0 Å². The number of quaternary nitrogens is 1. The molecule has 0 unspecified atom stereocenters. The zero-order chi connectivity index (χ0) is 20.1. The van der Waals surface area contributed by atoms with Crippen molar-refractivity contribution in [2.75, 3.05) is 32.1 Å². The standard InChI is InChI=1S/C21H26N2O4S/c1-14-11-23(12-15(2)27-14)10-9-18(24)22-20-19(21(25)26-3)17(13-28-20)16-7-5-4-6-8-16/h4-8,13-15H,9-12H2,1-3H3,(H,22,24)/p+1/t14-,15-/m1/s1. The minimum absolute atomic E-state index is 0.0917. The number of thiophene rings is 1. The Balaban J connectivity index is 1.69. The number of hydrogen-bond donors (Lipinski definition) is 2. The Labute approximate surface area is 169 Å². The highest BCUT2D eigenvalue weighted by atomic mass is 32.1. The second-order valence-corrected chi connectivity index (χ2v) is 8.05. The molecule has 2 heterocycles. The van der Waals surface area contributed by atoms with Crippen molar-refractivity contribution in [1.82, 2.24) is 0 Å². The van der Waals surface area contributed by atoms with Crippen LogP contribution >= 0.6 is 11.3 Å². The first-order valence-electron chi connectivity index (χ1n) is 9.52. The van der Waals surface area contributed by atoms with Crippen molar-refractivity contribution in [2.24, 2.45) is 0 Å². The number of anilines is 1. The number of amides is 1. The second kappa shape index (κ2) is 9.32. The Kier molecular flexibility index (Phi) is 6.83. The van der Waals surface area contributed by atoms with E-state index in [9.17, 15) is 9.59 Å². The average Bonchev–Trinajstić information content (AvgIpc) is 3.09. The van der Waals surface area contributed by atoms with Gasteiger partial charge in [0.1, 0.15) is 35.9 Å². The fourth-order valence-electron chi connectivity index (χ4n) is 3.66. The highest BCUT2D eigenvalue weighted by Crippen LogP contribution is 2.36. The van der Waals surface area contributed by atoms with Gasteiger partial charge in [0.25, 0.3) is 0 Å². The van der Waals surface area contributed by atoms with Crippen molar-refractivity contribution in [2.45, 2.75) is 32.5 Å². The minimum atomic E-state index is -0.447. The molecule has 0 spiro atoms. The van der Waals surface area contributed by atoms with Crippen LogP contribution in [0.25, 0.3) is 11.1 Å². The molecule has 2 N–H and O–H groups in total. The van der Waals surface area contributed by atoms with Crippen LogP contribution in [0.1, 0.15) is 30.6 Å². The molecule has 1 aliphatic heterocycles. The predicted octanol–water partition coefficient (Wildman–Crippen LogP) is 2.22. The van der Waals surface area contributed by atoms with Gasteiger partial charge >= 0.3 is 5.97 Å². The zero-order valence-corrected chi connectivity index (χ0v) is 17.3. The molecule has 0 aliphatic carbocycles. The van der Waals surface area contributed by atoms with Crippen LogP contribution in [-0.4, -0.2) is 50.8 Å². The van der Waals surface area contributed by atoms with Crippen LogP contribution in [0.5, 0.6) is 0 Å². The molecule has 0 bridgehead atoms. The number of ether oxygens (including phenoxy) is 2. The van der Waals surface area contributed by atoms with Crippen LogP contribution in [-0.2, 0) is 14.3 Å². The highest BCUT2D eigenvalue weighted by molar-refractivity contribution is 7.15. The molecule has 1 fully saturated rings. The Morgan fingerprint density at radius 2 is 1.89 bits per heavy atom. The summed E-state index contributed by atoms with van der Waals surface area (Å²) in [6, 6.07) is 9.62. The third kappa shape index (κ3) is 4.98. The number of morpholine rings is 1. The van der Waals surface area contributed by atoms with Crippen molar-refractivity contribution >= 4 is 28.2 Å². The summed E-state index contributed by atoms with van der Waals surface area (Å²) in [6.07, 6.45) is 0.811. The van der Waals surface area contributed by atoms with E-state index in [0.29, 0.717) is 17.0 Å². The van der Waals surface area contributed by atoms with Gasteiger partial charge in [0.05, 0.1) is 20.1 Å². The van der Waals surface area contributed by atoms with Crippen molar-refractivity contribution in [3.05, 3.63) is 41.3 Å². The molecule has 2 atom stereocenters. The molecule has 28 heavy (non-hydrogen) atoms. The summed E-state index contributed by atoms with van der Waals surface area (Å²) < 4.78 is 10.7. The second-order valence-electron chi connectivity index (χ2n) is 7.17. The number of carbonyl (C=O) groups is 2. The van der Waals surface area contributed by atoms with E-state index in [0.717, 1.165) is 30.8 Å². The lowest BCUT2D eigenvalue weighted by atomic mass is 10.0. The Bertz CT molecular complexity index is 811. The number of benzene rings is 1. The summed E-state index contributed by atoms with van der Waals surface area (Å²) in [7, 11) is 1.35. The highest BCUT2D eigenvalue weighted by Gasteiger charge is 2.26. The first-order valence-corrected chi connectivity index (χ1v) is 10.4. The molecule has 1 aliphatic rings. The molecule has 2 aromatic rings. The Morgan fingerprint density at radius 1 is 1.21 bits per heavy atom. The summed E-state index contributed by atoms with van der Waals surface area (Å²) >= 11 is 1.35. The van der Waals surface area contributed by atoms with E-state index in [4.69, 9.17) is 9.47 Å². The van der Waals surface area contributed by atoms with Gasteiger partial charge in [-0.3, -0.25) is 4.79 Å². The maximum atomic E-state index is 12.5. The zero-order valence-electron chi connectivity index (χ0n) is 16.5. The number of methoxy groups -OCH3 is 1. The van der Waals surface area contributed by atoms with Crippen LogP contribution in [0.3, 0.4) is 0 Å². The number of carbonyl (C=O) groups excluding carboxylic acids is 2. The summed E-state index contributed by atoms with van der Waals surface area (Å²) in [4.78, 5) is 26.3. The van der Waals surface area contributed by atoms with Gasteiger partial charge in [0.15, 0.2) is 0 Å². The lowest BCUT2D eigenvalue weighted by molar-refractivity contribution is -0.914. The topological polar surface area (TPSA) is 69.1 Å². The van der Waals surface area contributed by atoms with Crippen LogP contribution in [0, 0.1) is 0 Å². The van der Waals surface area contributed by atoms with Gasteiger partial charge in [-0.1, -0.05) is 30.3 Å². The molecule has 1 amide bonds. The van der Waals surface area contributed by atoms with Gasteiger partial charge in [0.2, 0.25) is 5.91 Å². The molecule has 1 aromatic heterocycles. The number of hydrogen-bond acceptors (Lipinski definition) is 5. The van der Waals surface area contributed by atoms with Gasteiger partial charge in [-0.25, -0.2) is 4.79 Å². The average molecular weight is 404 g/mol. The van der Waals surface area contributed by atoms with E-state index in [-0.39, 0.29) is 18.1 Å². The molecule has 0 saturated carbocycles. The largest absolute Gasteiger partial charge is 0.465 e. The minimum Gasteiger partial charge on any atom is -0.465 e. The van der Waals surface area contributed by atoms with Gasteiger partial charge in [-0.2, -0.15) is 0 Å². The normalized spacial score (nSPS) is 21.9. The summed E-state index contributed by atoms with van der Waals surface area (Å²) in [6.45, 7) is 6.68. The number of rotatable bonds is 6. The first kappa shape index (κ1) is 20.5. The Hall–Kier alpha value is -2.22. The molecular weight excluding hydrogens is 376 g/mol. The third-order valence-corrected chi connectivity index (χ3v) is 5.74. The fourth-order valence-corrected chi connectivity index (χ4v) is 4.63. The van der Waals surface area contributed by atoms with Crippen molar-refractivity contribution < 1.29 is 24.0 Å². The smallest absolute Gasteiger partial charge is 0.341 e. The summed E-state index contributed by atoms with van der Waals surface area (Å²) in [5, 5.41) is 5.33. The van der Waals surface area contributed by atoms with Crippen molar-refractivity contribution in [1.29, 1.82) is 0 Å². The Morgan fingerprint density at radius 3 is 2.54 bits per heavy atom. The monoisotopic (exact) mass is 403 g/mol. The predicted molar refractivity (Wildman–Crippen MR) is 110 cm³/mol. The number of nitrogens with one attached hydrogen (secondary N) is 2. The van der Waals surface area contributed by atoms with Crippen LogP contribution < -0.4 is 10.2 Å². The lowest BCUT2D eigenvalue weighted by Gasteiger charge is -2.32. The van der Waals surface area contributed by atoms with Gasteiger partial charge in [-0.05, 0) is 19.4 Å². The molecule has 3 rings (SSSR count). The van der Waals surface area contributed by atoms with Gasteiger partial charge < -0.3 is 19.7 Å². The van der Waals surface area contributed by atoms with E-state index in [1.165, 1.54) is 23.3 Å². The van der Waals surface area contributed by atoms with Crippen LogP contribution in [0.15, 0.2) is 35.7 Å². The van der Waals surface area contributed by atoms with E-state index in [1.807, 2.05) is 35.7 Å². The fraction of sp³-hybridized carbons (Fsp3) is 0.429. The molecule has 150 valence electrons. The molecule has 7 heteroatoms. The molecule has 1 aromatic carbocycles. The van der Waals surface area contributed by atoms with Gasteiger partial charge in [0, 0.05) is 10.9 Å². The van der Waals surface area contributed by atoms with Crippen molar-refractivity contribution in [3.8, 4) is 11.1 Å². The number of esters is 1. The molecular formula is C21H27N2O4S+. The summed E-state index contributed by atoms with van der Waals surface area (Å²) in [5.41, 5.74) is 2.10. The SMILES string of the molecule is COC(=O)c1c(-c2ccccc2)csc1NC(=O)CC[NH+]1C[C@@H](C)O[C@H](C)C1. The van der Waals surface area contributed by atoms with E-state index in [2.05, 4.69) is 19.2 Å². The quantitative estimate of drug-likeness (QED) is 0.726. The van der Waals surface area contributed by atoms with E-state index < -0.39 is 5.97 Å². The third-order valence-electron chi connectivity index (χ3n) is 4.84. The molecule has 0 radical (unpaired) electrons. The maximum Gasteiger partial charge on any atom is 0.341 e. The summed E-state index contributed by atoms with van der Waals surface area (Å²) in [5.74, 6) is -0.539. The first-order chi connectivity index (χ1) is 13.5. The molecule has 1 saturated heterocycles. The molecule has 6 nitrogen and oxygen atoms in total. The lowest BCUT2D eigenvalue weighted by Crippen LogP contribution is -3.15. The van der Waals surface area contributed by atoms with Crippen LogP contribution in [0.4, 0.5) is 5.00 Å². The van der Waals surface area contributed by atoms with E-state index in [1.54, 1.807) is 0 Å². The van der Waals surface area contributed by atoms with Gasteiger partial charge in [-0.15, -0.1) is 11.3 Å². The maximum absolute atomic E-state index is 12.5.